The monoisotopic (exact) mass is 322 g/mol. The third-order valence-corrected chi connectivity index (χ3v) is 5.75. The van der Waals surface area contributed by atoms with Gasteiger partial charge in [0.15, 0.2) is 8.87 Å². The highest BCUT2D eigenvalue weighted by molar-refractivity contribution is 8.71. The standard InChI is InChI=1S/C12H22N2O4S2/c1-11(2)8-9(12(3,4)14(11)16)10(15)13-6-7-19-20(5,17)18/h8,16H,6-7H2,1-5H3,(H,13,15). The molecule has 1 amide bonds. The zero-order chi connectivity index (χ0) is 15.8. The predicted octanol–water partition coefficient (Wildman–Crippen LogP) is 0.984. The second-order valence-corrected chi connectivity index (χ2v) is 10.4. The molecule has 1 aliphatic heterocycles. The predicted molar refractivity (Wildman–Crippen MR) is 80.2 cm³/mol. The van der Waals surface area contributed by atoms with Gasteiger partial charge in [-0.3, -0.25) is 4.79 Å². The Bertz CT molecular complexity index is 524. The average Bonchev–Trinajstić information content (AvgIpc) is 2.44. The molecule has 0 unspecified atom stereocenters. The van der Waals surface area contributed by atoms with E-state index in [1.165, 1.54) is 0 Å². The molecule has 0 bridgehead atoms. The lowest BCUT2D eigenvalue weighted by molar-refractivity contribution is -0.186. The number of carbonyl (C=O) groups excluding carboxylic acids is 1. The van der Waals surface area contributed by atoms with E-state index in [1.54, 1.807) is 19.9 Å². The van der Waals surface area contributed by atoms with Crippen LogP contribution in [-0.2, 0) is 13.7 Å². The van der Waals surface area contributed by atoms with Crippen LogP contribution in [0, 0.1) is 0 Å². The van der Waals surface area contributed by atoms with E-state index in [1.807, 2.05) is 13.8 Å². The quantitative estimate of drug-likeness (QED) is 0.580. The normalized spacial score (nSPS) is 21.6. The number of hydrogen-bond donors (Lipinski definition) is 2. The van der Waals surface area contributed by atoms with E-state index in [0.29, 0.717) is 11.3 Å². The number of hydroxylamine groups is 2. The summed E-state index contributed by atoms with van der Waals surface area (Å²) in [5, 5.41) is 13.9. The molecule has 0 saturated carbocycles. The van der Waals surface area contributed by atoms with E-state index in [4.69, 9.17) is 0 Å². The fraction of sp³-hybridized carbons (Fsp3) is 0.750. The molecule has 0 aromatic rings. The van der Waals surface area contributed by atoms with Crippen molar-refractivity contribution in [3.63, 3.8) is 0 Å². The first kappa shape index (κ1) is 17.5. The maximum absolute atomic E-state index is 12.1. The molecule has 0 radical (unpaired) electrons. The molecule has 116 valence electrons. The molecule has 0 fully saturated rings. The van der Waals surface area contributed by atoms with Gasteiger partial charge in [0.2, 0.25) is 5.91 Å². The van der Waals surface area contributed by atoms with Gasteiger partial charge >= 0.3 is 0 Å². The Morgan fingerprint density at radius 3 is 2.35 bits per heavy atom. The summed E-state index contributed by atoms with van der Waals surface area (Å²) in [6.45, 7) is 7.41. The molecule has 1 heterocycles. The second kappa shape index (κ2) is 5.67. The van der Waals surface area contributed by atoms with Crippen LogP contribution in [0.5, 0.6) is 0 Å². The summed E-state index contributed by atoms with van der Waals surface area (Å²) in [5.74, 6) is 0.0126. The first-order chi connectivity index (χ1) is 8.88. The van der Waals surface area contributed by atoms with Gasteiger partial charge in [-0.1, -0.05) is 6.08 Å². The Morgan fingerprint density at radius 1 is 1.40 bits per heavy atom. The van der Waals surface area contributed by atoms with Crippen molar-refractivity contribution >= 4 is 25.6 Å². The fourth-order valence-electron chi connectivity index (χ4n) is 2.22. The molecule has 6 nitrogen and oxygen atoms in total. The number of rotatable bonds is 5. The van der Waals surface area contributed by atoms with Crippen LogP contribution in [0.2, 0.25) is 0 Å². The van der Waals surface area contributed by atoms with Crippen molar-refractivity contribution in [2.75, 3.05) is 18.6 Å². The van der Waals surface area contributed by atoms with E-state index in [2.05, 4.69) is 5.32 Å². The third-order valence-electron chi connectivity index (χ3n) is 3.16. The zero-order valence-electron chi connectivity index (χ0n) is 12.4. The molecule has 0 aliphatic carbocycles. The first-order valence-electron chi connectivity index (χ1n) is 6.23. The van der Waals surface area contributed by atoms with Gasteiger partial charge in [-0.05, 0) is 38.5 Å². The lowest BCUT2D eigenvalue weighted by Crippen LogP contribution is -2.49. The minimum atomic E-state index is -3.09. The molecule has 20 heavy (non-hydrogen) atoms. The Hall–Kier alpha value is -0.570. The van der Waals surface area contributed by atoms with Gasteiger partial charge < -0.3 is 10.5 Å². The number of hydrogen-bond acceptors (Lipinski definition) is 6. The Labute approximate surface area is 123 Å². The summed E-state index contributed by atoms with van der Waals surface area (Å²) < 4.78 is 21.9. The SMILES string of the molecule is CC1(C)C=C(C(=O)NCCSS(C)(=O)=O)C(C)(C)N1O. The van der Waals surface area contributed by atoms with E-state index in [-0.39, 0.29) is 12.5 Å². The van der Waals surface area contributed by atoms with Crippen molar-refractivity contribution < 1.29 is 18.4 Å². The van der Waals surface area contributed by atoms with Crippen molar-refractivity contribution in [1.82, 2.24) is 10.4 Å². The van der Waals surface area contributed by atoms with Gasteiger partial charge in [-0.2, -0.15) is 5.06 Å². The molecule has 8 heteroatoms. The smallest absolute Gasteiger partial charge is 0.248 e. The van der Waals surface area contributed by atoms with E-state index < -0.39 is 19.9 Å². The summed E-state index contributed by atoms with van der Waals surface area (Å²) >= 11 is 0. The third kappa shape index (κ3) is 3.97. The lowest BCUT2D eigenvalue weighted by Gasteiger charge is -2.35. The number of amides is 1. The van der Waals surface area contributed by atoms with Gasteiger partial charge in [0.1, 0.15) is 0 Å². The van der Waals surface area contributed by atoms with Crippen molar-refractivity contribution in [3.05, 3.63) is 11.6 Å². The topological polar surface area (TPSA) is 86.7 Å². The first-order valence-corrected chi connectivity index (χ1v) is 9.62. The van der Waals surface area contributed by atoms with Crippen LogP contribution < -0.4 is 5.32 Å². The number of carbonyl (C=O) groups is 1. The number of nitrogens with one attached hydrogen (secondary N) is 1. The molecular weight excluding hydrogens is 300 g/mol. The number of nitrogens with zero attached hydrogens (tertiary/aromatic N) is 1. The molecule has 2 N–H and O–H groups in total. The summed E-state index contributed by atoms with van der Waals surface area (Å²) in [5.41, 5.74) is -0.913. The van der Waals surface area contributed by atoms with Gasteiger partial charge in [0.05, 0.1) is 11.1 Å². The Morgan fingerprint density at radius 2 is 1.95 bits per heavy atom. The summed E-state index contributed by atoms with van der Waals surface area (Å²) in [4.78, 5) is 12.1. The van der Waals surface area contributed by atoms with Crippen LogP contribution in [0.4, 0.5) is 0 Å². The van der Waals surface area contributed by atoms with E-state index >= 15 is 0 Å². The van der Waals surface area contributed by atoms with Gasteiger partial charge in [0.25, 0.3) is 0 Å². The van der Waals surface area contributed by atoms with Crippen LogP contribution in [0.15, 0.2) is 11.6 Å². The van der Waals surface area contributed by atoms with Crippen molar-refractivity contribution in [2.24, 2.45) is 0 Å². The highest BCUT2D eigenvalue weighted by atomic mass is 33.1. The lowest BCUT2D eigenvalue weighted by atomic mass is 9.96. The second-order valence-electron chi connectivity index (χ2n) is 5.86. The van der Waals surface area contributed by atoms with E-state index in [0.717, 1.165) is 22.1 Å². The Balaban J connectivity index is 2.65. The molecule has 0 atom stereocenters. The van der Waals surface area contributed by atoms with Crippen LogP contribution in [0.1, 0.15) is 27.7 Å². The molecule has 0 saturated heterocycles. The van der Waals surface area contributed by atoms with Gasteiger partial charge in [-0.25, -0.2) is 8.42 Å². The molecule has 0 aromatic carbocycles. The van der Waals surface area contributed by atoms with Crippen molar-refractivity contribution in [3.8, 4) is 0 Å². The molecule has 1 rings (SSSR count). The fourth-order valence-corrected chi connectivity index (χ4v) is 3.87. The molecular formula is C12H22N2O4S2. The van der Waals surface area contributed by atoms with Gasteiger partial charge in [0, 0.05) is 24.1 Å². The van der Waals surface area contributed by atoms with Crippen LogP contribution in [0.25, 0.3) is 0 Å². The molecule has 0 spiro atoms. The van der Waals surface area contributed by atoms with Crippen LogP contribution in [0.3, 0.4) is 0 Å². The minimum Gasteiger partial charge on any atom is -0.351 e. The maximum Gasteiger partial charge on any atom is 0.248 e. The molecule has 1 aliphatic rings. The highest BCUT2D eigenvalue weighted by Gasteiger charge is 2.47. The Kier molecular flexibility index (Phi) is 4.95. The maximum atomic E-state index is 12.1. The van der Waals surface area contributed by atoms with E-state index in [9.17, 15) is 18.4 Å². The van der Waals surface area contributed by atoms with Gasteiger partial charge in [-0.15, -0.1) is 0 Å². The minimum absolute atomic E-state index is 0.260. The van der Waals surface area contributed by atoms with Crippen LogP contribution in [-0.4, -0.2) is 54.2 Å². The highest BCUT2D eigenvalue weighted by Crippen LogP contribution is 2.38. The summed E-state index contributed by atoms with van der Waals surface area (Å²) in [6.07, 6.45) is 2.86. The summed E-state index contributed by atoms with van der Waals surface area (Å²) in [7, 11) is -2.29. The van der Waals surface area contributed by atoms with Crippen molar-refractivity contribution in [1.29, 1.82) is 0 Å². The van der Waals surface area contributed by atoms with Crippen LogP contribution >= 0.6 is 10.8 Å². The largest absolute Gasteiger partial charge is 0.351 e. The zero-order valence-corrected chi connectivity index (χ0v) is 14.1. The molecule has 0 aromatic heterocycles. The summed E-state index contributed by atoms with van der Waals surface area (Å²) in [6, 6.07) is 0. The average molecular weight is 322 g/mol. The van der Waals surface area contributed by atoms with Crippen molar-refractivity contribution in [2.45, 2.75) is 38.8 Å².